The molecule has 1 aliphatic heterocycles. The molecule has 2 aromatic carbocycles. The number of aliphatic carboxylic acids is 1. The first kappa shape index (κ1) is 22.2. The molecule has 32 heavy (non-hydrogen) atoms. The maximum Gasteiger partial charge on any atom is 0.341 e. The van der Waals surface area contributed by atoms with Crippen LogP contribution >= 0.6 is 27.7 Å². The highest BCUT2D eigenvalue weighted by molar-refractivity contribution is 9.10. The number of aromatic nitrogens is 3. The zero-order chi connectivity index (χ0) is 22.7. The average molecular weight is 519 g/mol. The number of rotatable bonds is 7. The number of carboxylic acids is 1. The van der Waals surface area contributed by atoms with E-state index >= 15 is 0 Å². The molecule has 0 aliphatic carbocycles. The zero-order valence-corrected chi connectivity index (χ0v) is 19.6. The molecule has 1 aliphatic rings. The molecule has 0 spiro atoms. The standard InChI is InChI=1S/C21H19BrN4O5S/c1-3-32-21-24-20-18(25-26-21)13-9-12(22)5-6-14(13)23-19(31-20)11-4-7-15(16(8-11)29-2)30-10-17(27)28/h4-9,19,23H,3,10H2,1-2H3,(H,27,28). The molecule has 0 radical (unpaired) electrons. The number of methoxy groups -OCH3 is 1. The molecule has 166 valence electrons. The molecule has 1 unspecified atom stereocenters. The third kappa shape index (κ3) is 4.73. The first-order chi connectivity index (χ1) is 15.5. The lowest BCUT2D eigenvalue weighted by Gasteiger charge is -2.20. The van der Waals surface area contributed by atoms with Crippen LogP contribution in [0.2, 0.25) is 0 Å². The van der Waals surface area contributed by atoms with Crippen LogP contribution in [0.3, 0.4) is 0 Å². The van der Waals surface area contributed by atoms with E-state index in [-0.39, 0.29) is 0 Å². The van der Waals surface area contributed by atoms with Crippen LogP contribution in [0.25, 0.3) is 11.3 Å². The number of nitrogens with one attached hydrogen (secondary N) is 1. The number of benzene rings is 2. The number of nitrogens with zero attached hydrogens (tertiary/aromatic N) is 3. The number of ether oxygens (including phenoxy) is 3. The molecular weight excluding hydrogens is 500 g/mol. The fourth-order valence-corrected chi connectivity index (χ4v) is 3.98. The number of hydrogen-bond acceptors (Lipinski definition) is 9. The summed E-state index contributed by atoms with van der Waals surface area (Å²) in [5, 5.41) is 21.4. The maximum atomic E-state index is 10.8. The zero-order valence-electron chi connectivity index (χ0n) is 17.2. The van der Waals surface area contributed by atoms with E-state index in [9.17, 15) is 4.79 Å². The van der Waals surface area contributed by atoms with Crippen LogP contribution in [-0.2, 0) is 4.79 Å². The Hall–Kier alpha value is -3.05. The molecule has 2 heterocycles. The fraction of sp³-hybridized carbons (Fsp3) is 0.238. The Morgan fingerprint density at radius 3 is 2.84 bits per heavy atom. The smallest absolute Gasteiger partial charge is 0.341 e. The highest BCUT2D eigenvalue weighted by Gasteiger charge is 2.27. The Morgan fingerprint density at radius 2 is 2.09 bits per heavy atom. The van der Waals surface area contributed by atoms with Crippen molar-refractivity contribution >= 4 is 39.3 Å². The van der Waals surface area contributed by atoms with Gasteiger partial charge >= 0.3 is 5.97 Å². The summed E-state index contributed by atoms with van der Waals surface area (Å²) in [5.74, 6) is 0.798. The molecule has 1 atom stereocenters. The van der Waals surface area contributed by atoms with E-state index in [1.807, 2.05) is 25.1 Å². The largest absolute Gasteiger partial charge is 0.493 e. The maximum absolute atomic E-state index is 10.8. The lowest BCUT2D eigenvalue weighted by atomic mass is 10.1. The first-order valence-corrected chi connectivity index (χ1v) is 11.4. The molecule has 2 N–H and O–H groups in total. The summed E-state index contributed by atoms with van der Waals surface area (Å²) in [6.07, 6.45) is -0.616. The van der Waals surface area contributed by atoms with Crippen molar-refractivity contribution in [2.24, 2.45) is 0 Å². The van der Waals surface area contributed by atoms with Gasteiger partial charge in [0.25, 0.3) is 0 Å². The van der Waals surface area contributed by atoms with Crippen molar-refractivity contribution in [3.05, 3.63) is 46.4 Å². The molecule has 3 aromatic rings. The summed E-state index contributed by atoms with van der Waals surface area (Å²) in [6, 6.07) is 10.9. The molecule has 0 saturated carbocycles. The number of fused-ring (bicyclic) bond motifs is 3. The van der Waals surface area contributed by atoms with Crippen LogP contribution in [0.5, 0.6) is 17.4 Å². The van der Waals surface area contributed by atoms with Gasteiger partial charge < -0.3 is 24.6 Å². The predicted octanol–water partition coefficient (Wildman–Crippen LogP) is 4.39. The number of carboxylic acid groups (broad SMARTS) is 1. The van der Waals surface area contributed by atoms with Gasteiger partial charge in [0.2, 0.25) is 11.0 Å². The van der Waals surface area contributed by atoms with Crippen LogP contribution < -0.4 is 19.5 Å². The lowest BCUT2D eigenvalue weighted by molar-refractivity contribution is -0.139. The van der Waals surface area contributed by atoms with Crippen LogP contribution in [0, 0.1) is 0 Å². The summed E-state index contributed by atoms with van der Waals surface area (Å²) in [6.45, 7) is 1.54. The van der Waals surface area contributed by atoms with E-state index in [1.54, 1.807) is 18.2 Å². The van der Waals surface area contributed by atoms with E-state index in [0.717, 1.165) is 27.0 Å². The molecule has 11 heteroatoms. The van der Waals surface area contributed by atoms with Crippen molar-refractivity contribution < 1.29 is 24.1 Å². The second-order valence-electron chi connectivity index (χ2n) is 6.61. The number of anilines is 1. The SMILES string of the molecule is CCSc1nnc2c(n1)OC(c1ccc(OCC(=O)O)c(OC)c1)Nc1ccc(Br)cc1-2. The molecular formula is C21H19BrN4O5S. The molecule has 0 fully saturated rings. The van der Waals surface area contributed by atoms with Gasteiger partial charge in [0.15, 0.2) is 30.0 Å². The Kier molecular flexibility index (Phi) is 6.66. The lowest BCUT2D eigenvalue weighted by Crippen LogP contribution is -2.17. The van der Waals surface area contributed by atoms with Crippen molar-refractivity contribution in [2.75, 3.05) is 24.8 Å². The van der Waals surface area contributed by atoms with Gasteiger partial charge in [-0.15, -0.1) is 10.2 Å². The molecule has 0 saturated heterocycles. The van der Waals surface area contributed by atoms with E-state index in [4.69, 9.17) is 19.3 Å². The fourth-order valence-electron chi connectivity index (χ4n) is 3.12. The minimum absolute atomic E-state index is 0.322. The second kappa shape index (κ2) is 9.61. The monoisotopic (exact) mass is 518 g/mol. The van der Waals surface area contributed by atoms with Gasteiger partial charge in [-0.2, -0.15) is 4.98 Å². The molecule has 0 bridgehead atoms. The van der Waals surface area contributed by atoms with Crippen LogP contribution in [0.1, 0.15) is 18.7 Å². The van der Waals surface area contributed by atoms with Crippen molar-refractivity contribution in [3.8, 4) is 28.6 Å². The minimum atomic E-state index is -1.07. The van der Waals surface area contributed by atoms with E-state index in [2.05, 4.69) is 36.4 Å². The Balaban J connectivity index is 1.75. The summed E-state index contributed by atoms with van der Waals surface area (Å²) in [5.41, 5.74) is 2.87. The highest BCUT2D eigenvalue weighted by Crippen LogP contribution is 2.41. The van der Waals surface area contributed by atoms with Crippen LogP contribution in [0.15, 0.2) is 46.0 Å². The molecule has 1 aromatic heterocycles. The minimum Gasteiger partial charge on any atom is -0.493 e. The van der Waals surface area contributed by atoms with E-state index < -0.39 is 18.8 Å². The van der Waals surface area contributed by atoms with Gasteiger partial charge in [0.1, 0.15) is 0 Å². The molecule has 9 nitrogen and oxygen atoms in total. The normalized spacial score (nSPS) is 14.3. The third-order valence-corrected chi connectivity index (χ3v) is 5.72. The topological polar surface area (TPSA) is 116 Å². The van der Waals surface area contributed by atoms with E-state index in [0.29, 0.717) is 28.2 Å². The van der Waals surface area contributed by atoms with Crippen LogP contribution in [-0.4, -0.2) is 45.7 Å². The Morgan fingerprint density at radius 1 is 1.25 bits per heavy atom. The number of carbonyl (C=O) groups is 1. The molecule has 0 amide bonds. The van der Waals surface area contributed by atoms with Gasteiger partial charge in [-0.3, -0.25) is 0 Å². The average Bonchev–Trinajstić information content (AvgIpc) is 2.94. The summed E-state index contributed by atoms with van der Waals surface area (Å²) in [7, 11) is 1.49. The van der Waals surface area contributed by atoms with Crippen molar-refractivity contribution in [1.82, 2.24) is 15.2 Å². The van der Waals surface area contributed by atoms with Crippen molar-refractivity contribution in [3.63, 3.8) is 0 Å². The van der Waals surface area contributed by atoms with Crippen molar-refractivity contribution in [2.45, 2.75) is 18.3 Å². The number of hydrogen-bond donors (Lipinski definition) is 2. The van der Waals surface area contributed by atoms with Gasteiger partial charge in [-0.25, -0.2) is 4.79 Å². The summed E-state index contributed by atoms with van der Waals surface area (Å²) in [4.78, 5) is 15.4. The van der Waals surface area contributed by atoms with Gasteiger partial charge in [0.05, 0.1) is 7.11 Å². The Labute approximate surface area is 196 Å². The predicted molar refractivity (Wildman–Crippen MR) is 122 cm³/mol. The van der Waals surface area contributed by atoms with Gasteiger partial charge in [0, 0.05) is 21.3 Å². The van der Waals surface area contributed by atoms with E-state index in [1.165, 1.54) is 18.9 Å². The molecule has 4 rings (SSSR count). The number of halogens is 1. The first-order valence-electron chi connectivity index (χ1n) is 9.61. The third-order valence-electron chi connectivity index (χ3n) is 4.50. The van der Waals surface area contributed by atoms with Crippen LogP contribution in [0.4, 0.5) is 5.69 Å². The van der Waals surface area contributed by atoms with Crippen molar-refractivity contribution in [1.29, 1.82) is 0 Å². The highest BCUT2D eigenvalue weighted by atomic mass is 79.9. The second-order valence-corrected chi connectivity index (χ2v) is 8.75. The van der Waals surface area contributed by atoms with Gasteiger partial charge in [-0.05, 0) is 42.2 Å². The summed E-state index contributed by atoms with van der Waals surface area (Å²) >= 11 is 4.98. The quantitative estimate of drug-likeness (QED) is 0.436. The number of thioether (sulfide) groups is 1. The van der Waals surface area contributed by atoms with Gasteiger partial charge in [-0.1, -0.05) is 34.6 Å². The summed E-state index contributed by atoms with van der Waals surface area (Å²) < 4.78 is 17.8. The Bertz CT molecular complexity index is 1160.